The highest BCUT2D eigenvalue weighted by Crippen LogP contribution is 2.28. The molecule has 1 N–H and O–H groups in total. The highest BCUT2D eigenvalue weighted by atomic mass is 16.5. The summed E-state index contributed by atoms with van der Waals surface area (Å²) in [6.07, 6.45) is 1.000. The molecule has 4 heteroatoms. The first-order valence-corrected chi connectivity index (χ1v) is 6.89. The Bertz CT molecular complexity index is 415. The molecular formula is C15H24N2O2. The van der Waals surface area contributed by atoms with Crippen LogP contribution in [0.2, 0.25) is 0 Å². The molecule has 0 spiro atoms. The number of aryl methyl sites for hydroxylation is 1. The maximum atomic E-state index is 5.48. The van der Waals surface area contributed by atoms with Crippen molar-refractivity contribution in [3.05, 3.63) is 23.3 Å². The zero-order valence-electron chi connectivity index (χ0n) is 12.2. The lowest BCUT2D eigenvalue weighted by molar-refractivity contribution is 0.243. The van der Waals surface area contributed by atoms with Crippen LogP contribution in [0.3, 0.4) is 0 Å². The maximum absolute atomic E-state index is 5.48. The lowest BCUT2D eigenvalue weighted by Gasteiger charge is -2.27. The molecule has 1 saturated heterocycles. The standard InChI is InChI=1S/C15H24N2O2/c1-12-10-15(19-3)13(11-14(12)18-2)4-7-17-8-5-16-6-9-17/h10-11,16H,4-9H2,1-3H3. The predicted molar refractivity (Wildman–Crippen MR) is 77.3 cm³/mol. The fourth-order valence-corrected chi connectivity index (χ4v) is 2.52. The average Bonchev–Trinajstić information content (AvgIpc) is 2.46. The van der Waals surface area contributed by atoms with Gasteiger partial charge in [-0.1, -0.05) is 0 Å². The van der Waals surface area contributed by atoms with Gasteiger partial charge in [0.1, 0.15) is 11.5 Å². The second kappa shape index (κ2) is 6.78. The van der Waals surface area contributed by atoms with E-state index in [9.17, 15) is 0 Å². The summed E-state index contributed by atoms with van der Waals surface area (Å²) in [6, 6.07) is 4.17. The van der Waals surface area contributed by atoms with E-state index in [0.29, 0.717) is 0 Å². The van der Waals surface area contributed by atoms with E-state index < -0.39 is 0 Å². The quantitative estimate of drug-likeness (QED) is 0.873. The number of hydrogen-bond acceptors (Lipinski definition) is 4. The Hall–Kier alpha value is -1.26. The number of benzene rings is 1. The molecule has 0 aliphatic carbocycles. The van der Waals surface area contributed by atoms with Crippen molar-refractivity contribution < 1.29 is 9.47 Å². The molecule has 0 unspecified atom stereocenters. The number of ether oxygens (including phenoxy) is 2. The van der Waals surface area contributed by atoms with Gasteiger partial charge in [-0.25, -0.2) is 0 Å². The topological polar surface area (TPSA) is 33.7 Å². The summed E-state index contributed by atoms with van der Waals surface area (Å²) < 4.78 is 10.9. The van der Waals surface area contributed by atoms with Crippen molar-refractivity contribution in [2.45, 2.75) is 13.3 Å². The molecule has 0 saturated carbocycles. The molecule has 1 aromatic rings. The van der Waals surface area contributed by atoms with Gasteiger partial charge >= 0.3 is 0 Å². The van der Waals surface area contributed by atoms with Crippen LogP contribution < -0.4 is 14.8 Å². The molecule has 1 fully saturated rings. The Kier molecular flexibility index (Phi) is 5.05. The summed E-state index contributed by atoms with van der Waals surface area (Å²) in [4.78, 5) is 2.49. The maximum Gasteiger partial charge on any atom is 0.122 e. The van der Waals surface area contributed by atoms with Crippen LogP contribution in [-0.4, -0.2) is 51.8 Å². The van der Waals surface area contributed by atoms with Gasteiger partial charge in [-0.2, -0.15) is 0 Å². The average molecular weight is 264 g/mol. The zero-order chi connectivity index (χ0) is 13.7. The Balaban J connectivity index is 2.05. The van der Waals surface area contributed by atoms with Crippen molar-refractivity contribution in [3.8, 4) is 11.5 Å². The normalized spacial score (nSPS) is 16.4. The number of rotatable bonds is 5. The van der Waals surface area contributed by atoms with Gasteiger partial charge in [-0.05, 0) is 36.6 Å². The van der Waals surface area contributed by atoms with Crippen LogP contribution in [0, 0.1) is 6.92 Å². The van der Waals surface area contributed by atoms with E-state index >= 15 is 0 Å². The van der Waals surface area contributed by atoms with Crippen LogP contribution in [0.25, 0.3) is 0 Å². The van der Waals surface area contributed by atoms with Crippen molar-refractivity contribution in [2.75, 3.05) is 46.9 Å². The van der Waals surface area contributed by atoms with Gasteiger partial charge in [-0.3, -0.25) is 0 Å². The summed E-state index contributed by atoms with van der Waals surface area (Å²) in [7, 11) is 3.45. The molecule has 0 bridgehead atoms. The van der Waals surface area contributed by atoms with Gasteiger partial charge in [-0.15, -0.1) is 0 Å². The SMILES string of the molecule is COc1cc(CCN2CCNCC2)c(OC)cc1C. The number of piperazine rings is 1. The summed E-state index contributed by atoms with van der Waals surface area (Å²) >= 11 is 0. The Morgan fingerprint density at radius 1 is 1.11 bits per heavy atom. The molecule has 0 aromatic heterocycles. The van der Waals surface area contributed by atoms with Crippen LogP contribution in [0.4, 0.5) is 0 Å². The third-order valence-corrected chi connectivity index (χ3v) is 3.70. The van der Waals surface area contributed by atoms with E-state index in [2.05, 4.69) is 22.3 Å². The summed E-state index contributed by atoms with van der Waals surface area (Å²) in [6.45, 7) is 7.56. The van der Waals surface area contributed by atoms with Gasteiger partial charge in [0.15, 0.2) is 0 Å². The molecular weight excluding hydrogens is 240 g/mol. The van der Waals surface area contributed by atoms with E-state index in [0.717, 1.165) is 56.2 Å². The molecule has 2 rings (SSSR count). The highest BCUT2D eigenvalue weighted by molar-refractivity contribution is 5.46. The number of nitrogens with one attached hydrogen (secondary N) is 1. The first-order chi connectivity index (χ1) is 9.24. The van der Waals surface area contributed by atoms with Crippen molar-refractivity contribution in [3.63, 3.8) is 0 Å². The molecule has 0 amide bonds. The molecule has 4 nitrogen and oxygen atoms in total. The van der Waals surface area contributed by atoms with Crippen LogP contribution in [0.5, 0.6) is 11.5 Å². The van der Waals surface area contributed by atoms with Gasteiger partial charge in [0.2, 0.25) is 0 Å². The fraction of sp³-hybridized carbons (Fsp3) is 0.600. The van der Waals surface area contributed by atoms with Gasteiger partial charge in [0.25, 0.3) is 0 Å². The smallest absolute Gasteiger partial charge is 0.122 e. The third-order valence-electron chi connectivity index (χ3n) is 3.70. The Labute approximate surface area is 115 Å². The lowest BCUT2D eigenvalue weighted by atomic mass is 10.1. The minimum absolute atomic E-state index is 0.941. The van der Waals surface area contributed by atoms with Crippen LogP contribution in [0.1, 0.15) is 11.1 Å². The molecule has 1 aromatic carbocycles. The highest BCUT2D eigenvalue weighted by Gasteiger charge is 2.12. The molecule has 0 atom stereocenters. The van der Waals surface area contributed by atoms with Gasteiger partial charge < -0.3 is 19.7 Å². The van der Waals surface area contributed by atoms with Crippen molar-refractivity contribution >= 4 is 0 Å². The predicted octanol–water partition coefficient (Wildman–Crippen LogP) is 1.46. The van der Waals surface area contributed by atoms with Crippen molar-refractivity contribution in [1.82, 2.24) is 10.2 Å². The van der Waals surface area contributed by atoms with Crippen LogP contribution in [-0.2, 0) is 6.42 Å². The number of hydrogen-bond donors (Lipinski definition) is 1. The largest absolute Gasteiger partial charge is 0.496 e. The Morgan fingerprint density at radius 3 is 2.42 bits per heavy atom. The van der Waals surface area contributed by atoms with Crippen molar-refractivity contribution in [1.29, 1.82) is 0 Å². The van der Waals surface area contributed by atoms with Gasteiger partial charge in [0, 0.05) is 32.7 Å². The molecule has 1 heterocycles. The number of nitrogens with zero attached hydrogens (tertiary/aromatic N) is 1. The van der Waals surface area contributed by atoms with Crippen LogP contribution in [0.15, 0.2) is 12.1 Å². The van der Waals surface area contributed by atoms with Gasteiger partial charge in [0.05, 0.1) is 14.2 Å². The van der Waals surface area contributed by atoms with Crippen molar-refractivity contribution in [2.24, 2.45) is 0 Å². The first kappa shape index (κ1) is 14.2. The minimum atomic E-state index is 0.941. The lowest BCUT2D eigenvalue weighted by Crippen LogP contribution is -2.44. The minimum Gasteiger partial charge on any atom is -0.496 e. The second-order valence-corrected chi connectivity index (χ2v) is 4.98. The molecule has 1 aliphatic heterocycles. The number of methoxy groups -OCH3 is 2. The fourth-order valence-electron chi connectivity index (χ4n) is 2.52. The molecule has 19 heavy (non-hydrogen) atoms. The molecule has 0 radical (unpaired) electrons. The third kappa shape index (κ3) is 3.61. The summed E-state index contributed by atoms with van der Waals surface area (Å²) in [5.74, 6) is 1.91. The van der Waals surface area contributed by atoms with E-state index in [1.165, 1.54) is 5.56 Å². The second-order valence-electron chi connectivity index (χ2n) is 4.98. The van der Waals surface area contributed by atoms with E-state index in [1.807, 2.05) is 6.92 Å². The van der Waals surface area contributed by atoms with E-state index in [4.69, 9.17) is 9.47 Å². The van der Waals surface area contributed by atoms with E-state index in [1.54, 1.807) is 14.2 Å². The summed E-state index contributed by atoms with van der Waals surface area (Å²) in [5, 5.41) is 3.37. The monoisotopic (exact) mass is 264 g/mol. The molecule has 1 aliphatic rings. The van der Waals surface area contributed by atoms with E-state index in [-0.39, 0.29) is 0 Å². The Morgan fingerprint density at radius 2 is 1.79 bits per heavy atom. The first-order valence-electron chi connectivity index (χ1n) is 6.89. The summed E-state index contributed by atoms with van der Waals surface area (Å²) in [5.41, 5.74) is 2.34. The zero-order valence-corrected chi connectivity index (χ0v) is 12.2. The molecule has 106 valence electrons. The van der Waals surface area contributed by atoms with Crippen LogP contribution >= 0.6 is 0 Å².